The second kappa shape index (κ2) is 5.88. The van der Waals surface area contributed by atoms with Crippen molar-refractivity contribution in [2.45, 2.75) is 0 Å². The van der Waals surface area contributed by atoms with Gasteiger partial charge in [0.2, 0.25) is 0 Å². The van der Waals surface area contributed by atoms with Gasteiger partial charge in [0.1, 0.15) is 0 Å². The molecule has 0 atom stereocenters. The van der Waals surface area contributed by atoms with Gasteiger partial charge in [-0.15, -0.1) is 0 Å². The molecule has 5 nitrogen and oxygen atoms in total. The molecule has 2 rings (SSSR count). The van der Waals surface area contributed by atoms with Crippen LogP contribution in [0.25, 0.3) is 0 Å². The molecule has 0 heterocycles. The van der Waals surface area contributed by atoms with Crippen LogP contribution in [0.3, 0.4) is 0 Å². The number of nitrogens with one attached hydrogen (secondary N) is 1. The first-order valence-electron chi connectivity index (χ1n) is 5.91. The molecule has 19 heavy (non-hydrogen) atoms. The van der Waals surface area contributed by atoms with Crippen molar-refractivity contribution < 1.29 is 4.79 Å². The minimum Gasteiger partial charge on any atom is -0.399 e. The SMILES string of the molecule is NCNC(=O)N(c1ccccc1)c1cccc(N)c1. The summed E-state index contributed by atoms with van der Waals surface area (Å²) in [4.78, 5) is 13.7. The molecule has 2 aromatic rings. The van der Waals surface area contributed by atoms with Gasteiger partial charge in [-0.1, -0.05) is 24.3 Å². The standard InChI is InChI=1S/C14H16N4O/c15-10-17-14(19)18(12-6-2-1-3-7-12)13-8-4-5-11(16)9-13/h1-9H,10,15-16H2,(H,17,19). The van der Waals surface area contributed by atoms with E-state index in [9.17, 15) is 4.79 Å². The van der Waals surface area contributed by atoms with Gasteiger partial charge in [0.25, 0.3) is 0 Å². The highest BCUT2D eigenvalue weighted by Crippen LogP contribution is 2.26. The lowest BCUT2D eigenvalue weighted by Gasteiger charge is -2.23. The molecule has 0 bridgehead atoms. The number of para-hydroxylation sites is 1. The predicted molar refractivity (Wildman–Crippen MR) is 77.0 cm³/mol. The smallest absolute Gasteiger partial charge is 0.327 e. The van der Waals surface area contributed by atoms with Gasteiger partial charge >= 0.3 is 6.03 Å². The molecule has 0 radical (unpaired) electrons. The van der Waals surface area contributed by atoms with E-state index in [0.717, 1.165) is 5.69 Å². The van der Waals surface area contributed by atoms with Gasteiger partial charge in [-0.2, -0.15) is 0 Å². The first-order valence-corrected chi connectivity index (χ1v) is 5.91. The number of carbonyl (C=O) groups excluding carboxylic acids is 1. The van der Waals surface area contributed by atoms with Crippen LogP contribution in [-0.4, -0.2) is 12.7 Å². The van der Waals surface area contributed by atoms with E-state index in [1.807, 2.05) is 36.4 Å². The number of nitrogens with zero attached hydrogens (tertiary/aromatic N) is 1. The molecule has 2 amide bonds. The third-order valence-corrected chi connectivity index (χ3v) is 2.60. The summed E-state index contributed by atoms with van der Waals surface area (Å²) in [7, 11) is 0. The van der Waals surface area contributed by atoms with E-state index in [1.54, 1.807) is 18.2 Å². The third-order valence-electron chi connectivity index (χ3n) is 2.60. The van der Waals surface area contributed by atoms with E-state index in [2.05, 4.69) is 5.32 Å². The van der Waals surface area contributed by atoms with Crippen molar-refractivity contribution in [3.8, 4) is 0 Å². The lowest BCUT2D eigenvalue weighted by Crippen LogP contribution is -2.39. The Morgan fingerprint density at radius 1 is 1.05 bits per heavy atom. The highest BCUT2D eigenvalue weighted by Gasteiger charge is 2.16. The third kappa shape index (κ3) is 3.02. The molecule has 0 aromatic heterocycles. The summed E-state index contributed by atoms with van der Waals surface area (Å²) in [6, 6.07) is 16.2. The molecule has 0 spiro atoms. The van der Waals surface area contributed by atoms with Crippen LogP contribution >= 0.6 is 0 Å². The van der Waals surface area contributed by atoms with Gasteiger partial charge < -0.3 is 16.8 Å². The summed E-state index contributed by atoms with van der Waals surface area (Å²) >= 11 is 0. The van der Waals surface area contributed by atoms with Crippen molar-refractivity contribution in [3.05, 3.63) is 54.6 Å². The maximum atomic E-state index is 12.1. The number of rotatable bonds is 3. The minimum atomic E-state index is -0.292. The lowest BCUT2D eigenvalue weighted by molar-refractivity contribution is 0.249. The van der Waals surface area contributed by atoms with Crippen LogP contribution in [0.5, 0.6) is 0 Å². The van der Waals surface area contributed by atoms with E-state index in [0.29, 0.717) is 11.4 Å². The van der Waals surface area contributed by atoms with Crippen LogP contribution in [-0.2, 0) is 0 Å². The van der Waals surface area contributed by atoms with Crippen LogP contribution in [0.1, 0.15) is 0 Å². The Kier molecular flexibility index (Phi) is 4.00. The van der Waals surface area contributed by atoms with Gasteiger partial charge in [-0.3, -0.25) is 4.90 Å². The second-order valence-corrected chi connectivity index (χ2v) is 3.95. The molecular formula is C14H16N4O. The highest BCUT2D eigenvalue weighted by atomic mass is 16.2. The number of nitrogen functional groups attached to an aromatic ring is 1. The monoisotopic (exact) mass is 256 g/mol. The molecule has 0 unspecified atom stereocenters. The fraction of sp³-hybridized carbons (Fsp3) is 0.0714. The van der Waals surface area contributed by atoms with Crippen molar-refractivity contribution in [2.75, 3.05) is 17.3 Å². The number of nitrogens with two attached hydrogens (primary N) is 2. The Morgan fingerprint density at radius 3 is 2.37 bits per heavy atom. The zero-order valence-electron chi connectivity index (χ0n) is 10.4. The van der Waals surface area contributed by atoms with Crippen molar-refractivity contribution >= 4 is 23.1 Å². The van der Waals surface area contributed by atoms with Crippen molar-refractivity contribution in [1.29, 1.82) is 0 Å². The van der Waals surface area contributed by atoms with E-state index in [4.69, 9.17) is 11.5 Å². The fourth-order valence-corrected chi connectivity index (χ4v) is 1.79. The summed E-state index contributed by atoms with van der Waals surface area (Å²) in [5.74, 6) is 0. The second-order valence-electron chi connectivity index (χ2n) is 3.95. The fourth-order valence-electron chi connectivity index (χ4n) is 1.79. The number of urea groups is 1. The van der Waals surface area contributed by atoms with Crippen molar-refractivity contribution in [2.24, 2.45) is 5.73 Å². The topological polar surface area (TPSA) is 84.4 Å². The van der Waals surface area contributed by atoms with Crippen molar-refractivity contribution in [1.82, 2.24) is 5.32 Å². The molecule has 0 saturated heterocycles. The molecule has 5 heteroatoms. The summed E-state index contributed by atoms with van der Waals surface area (Å²) in [5, 5.41) is 2.59. The summed E-state index contributed by atoms with van der Waals surface area (Å²) in [6.45, 7) is 0.0739. The molecule has 5 N–H and O–H groups in total. The number of anilines is 3. The average Bonchev–Trinajstić information content (AvgIpc) is 2.40. The molecule has 98 valence electrons. The van der Waals surface area contributed by atoms with Gasteiger partial charge in [0.15, 0.2) is 0 Å². The van der Waals surface area contributed by atoms with Gasteiger partial charge in [0, 0.05) is 5.69 Å². The molecule has 0 saturated carbocycles. The molecule has 0 aliphatic rings. The molecular weight excluding hydrogens is 240 g/mol. The van der Waals surface area contributed by atoms with Crippen molar-refractivity contribution in [3.63, 3.8) is 0 Å². The Bertz CT molecular complexity index is 556. The zero-order valence-corrected chi connectivity index (χ0v) is 10.4. The van der Waals surface area contributed by atoms with Gasteiger partial charge in [-0.25, -0.2) is 4.79 Å². The van der Waals surface area contributed by atoms with E-state index in [1.165, 1.54) is 4.90 Å². The van der Waals surface area contributed by atoms with Crippen LogP contribution in [0.4, 0.5) is 21.9 Å². The zero-order chi connectivity index (χ0) is 13.7. The maximum absolute atomic E-state index is 12.1. The summed E-state index contributed by atoms with van der Waals surface area (Å²) in [5.41, 5.74) is 13.2. The number of hydrogen-bond donors (Lipinski definition) is 3. The summed E-state index contributed by atoms with van der Waals surface area (Å²) < 4.78 is 0. The molecule has 2 aromatic carbocycles. The first kappa shape index (κ1) is 12.9. The average molecular weight is 256 g/mol. The summed E-state index contributed by atoms with van der Waals surface area (Å²) in [6.07, 6.45) is 0. The molecule has 0 aliphatic heterocycles. The van der Waals surface area contributed by atoms with Crippen LogP contribution in [0, 0.1) is 0 Å². The molecule has 0 fully saturated rings. The largest absolute Gasteiger partial charge is 0.399 e. The van der Waals surface area contributed by atoms with Gasteiger partial charge in [0.05, 0.1) is 18.0 Å². The normalized spacial score (nSPS) is 9.95. The molecule has 0 aliphatic carbocycles. The highest BCUT2D eigenvalue weighted by molar-refractivity contribution is 5.99. The van der Waals surface area contributed by atoms with E-state index < -0.39 is 0 Å². The quantitative estimate of drug-likeness (QED) is 0.580. The van der Waals surface area contributed by atoms with Crippen LogP contribution in [0.15, 0.2) is 54.6 Å². The Hall–Kier alpha value is -2.53. The Balaban J connectivity index is 2.43. The lowest BCUT2D eigenvalue weighted by atomic mass is 10.2. The first-order chi connectivity index (χ1) is 9.22. The van der Waals surface area contributed by atoms with Crippen LogP contribution < -0.4 is 21.7 Å². The van der Waals surface area contributed by atoms with E-state index in [-0.39, 0.29) is 12.7 Å². The Labute approximate surface area is 111 Å². The predicted octanol–water partition coefficient (Wildman–Crippen LogP) is 2.03. The Morgan fingerprint density at radius 2 is 1.74 bits per heavy atom. The minimum absolute atomic E-state index is 0.0739. The number of carbonyl (C=O) groups is 1. The van der Waals surface area contributed by atoms with E-state index >= 15 is 0 Å². The number of hydrogen-bond acceptors (Lipinski definition) is 3. The number of amides is 2. The number of benzene rings is 2. The van der Waals surface area contributed by atoms with Gasteiger partial charge in [-0.05, 0) is 30.3 Å². The maximum Gasteiger partial charge on any atom is 0.327 e. The van der Waals surface area contributed by atoms with Crippen LogP contribution in [0.2, 0.25) is 0 Å².